The molecule has 1 aliphatic carbocycles. The highest BCUT2D eigenvalue weighted by Crippen LogP contribution is 2.47. The summed E-state index contributed by atoms with van der Waals surface area (Å²) in [6.45, 7) is 2.87. The van der Waals surface area contributed by atoms with Crippen LogP contribution in [0.2, 0.25) is 0 Å². The van der Waals surface area contributed by atoms with Crippen molar-refractivity contribution in [3.63, 3.8) is 0 Å². The molecule has 3 aromatic carbocycles. The molecule has 1 heterocycles. The summed E-state index contributed by atoms with van der Waals surface area (Å²) >= 11 is 0. The van der Waals surface area contributed by atoms with Gasteiger partial charge < -0.3 is 31.3 Å². The minimum Gasteiger partial charge on any atom is -0.504 e. The van der Waals surface area contributed by atoms with Crippen LogP contribution >= 0.6 is 0 Å². The van der Waals surface area contributed by atoms with Gasteiger partial charge in [-0.05, 0) is 158 Å². The third-order valence-electron chi connectivity index (χ3n) is 11.6. The van der Waals surface area contributed by atoms with Gasteiger partial charge in [0, 0.05) is 12.6 Å². The first-order valence-corrected chi connectivity index (χ1v) is 20.5. The van der Waals surface area contributed by atoms with E-state index in [1.807, 2.05) is 25.4 Å². The number of hydrogen-bond acceptors (Lipinski definition) is 8. The second kappa shape index (κ2) is 21.1. The Labute approximate surface area is 334 Å². The van der Waals surface area contributed by atoms with Crippen molar-refractivity contribution in [3.05, 3.63) is 124 Å². The molecule has 6 N–H and O–H groups in total. The topological polar surface area (TPSA) is 134 Å². The van der Waals surface area contributed by atoms with Crippen LogP contribution in [0.15, 0.2) is 96.2 Å². The Kier molecular flexibility index (Phi) is 16.1. The van der Waals surface area contributed by atoms with E-state index in [1.165, 1.54) is 62.0 Å². The van der Waals surface area contributed by atoms with Gasteiger partial charge in [-0.1, -0.05) is 74.4 Å². The molecule has 0 spiro atoms. The maximum absolute atomic E-state index is 13.3. The maximum Gasteiger partial charge on any atom is 0.163 e. The van der Waals surface area contributed by atoms with Crippen LogP contribution < -0.4 is 21.1 Å². The largest absolute Gasteiger partial charge is 0.504 e. The molecule has 56 heavy (non-hydrogen) atoms. The number of rotatable bonds is 22. The zero-order valence-corrected chi connectivity index (χ0v) is 33.7. The number of benzene rings is 3. The van der Waals surface area contributed by atoms with Crippen molar-refractivity contribution >= 4 is 17.1 Å². The van der Waals surface area contributed by atoms with E-state index in [0.717, 1.165) is 61.8 Å². The molecule has 5 rings (SSSR count). The summed E-state index contributed by atoms with van der Waals surface area (Å²) in [5.74, 6) is 0.368. The van der Waals surface area contributed by atoms with Crippen LogP contribution in [0.4, 0.5) is 0 Å². The third kappa shape index (κ3) is 12.5. The molecule has 1 fully saturated rings. The number of phenolic OH excluding ortho intramolecular Hbond substituents is 1. The minimum atomic E-state index is -0.417. The number of allylic oxidation sites excluding steroid dienone is 3. The third-order valence-corrected chi connectivity index (χ3v) is 11.6. The molecule has 1 aliphatic heterocycles. The van der Waals surface area contributed by atoms with Crippen LogP contribution in [0.3, 0.4) is 0 Å². The molecule has 2 atom stereocenters. The summed E-state index contributed by atoms with van der Waals surface area (Å²) in [5, 5.41) is 28.0. The van der Waals surface area contributed by atoms with Gasteiger partial charge in [0.05, 0.1) is 26.3 Å². The standard InChI is InChI=1S/C48H63N3O5/c1-34(31-50-2)30-48(20-7-8-21-48)22-10-15-42(53)28-43(54)25-41(33-52)44-29-46(56-3)45(55)26-39(44)24-40-32-51-47(49)27-38(40)19-18-37-14-9-13-36(23-37)17-16-35-11-5-4-6-12-35/h4-6,9,11-14,23,25-27,29,32,34,47,50-52,55H,7-8,10,15-22,24,28,30-31,33,49H2,1-3H3/b41-25+/t34-,47?/m1/s1. The molecule has 8 nitrogen and oxygen atoms in total. The zero-order valence-electron chi connectivity index (χ0n) is 33.7. The van der Waals surface area contributed by atoms with Crippen LogP contribution in [0, 0.1) is 11.3 Å². The summed E-state index contributed by atoms with van der Waals surface area (Å²) in [4.78, 5) is 26.4. The lowest BCUT2D eigenvalue weighted by molar-refractivity contribution is -0.124. The summed E-state index contributed by atoms with van der Waals surface area (Å²) < 4.78 is 5.45. The van der Waals surface area contributed by atoms with Crippen molar-refractivity contribution in [2.75, 3.05) is 27.3 Å². The van der Waals surface area contributed by atoms with E-state index < -0.39 is 6.61 Å². The van der Waals surface area contributed by atoms with E-state index in [4.69, 9.17) is 10.5 Å². The monoisotopic (exact) mass is 761 g/mol. The predicted octanol–water partition coefficient (Wildman–Crippen LogP) is 7.94. The number of hydrogen-bond donors (Lipinski definition) is 5. The Bertz CT molecular complexity index is 1860. The molecule has 1 saturated carbocycles. The van der Waals surface area contributed by atoms with Gasteiger partial charge in [-0.2, -0.15) is 0 Å². The van der Waals surface area contributed by atoms with Gasteiger partial charge in [0.15, 0.2) is 17.3 Å². The molecule has 0 amide bonds. The molecule has 1 unspecified atom stereocenters. The van der Waals surface area contributed by atoms with Gasteiger partial charge in [-0.3, -0.25) is 9.59 Å². The summed E-state index contributed by atoms with van der Waals surface area (Å²) in [7, 11) is 3.46. The average Bonchev–Trinajstić information content (AvgIpc) is 3.64. The highest BCUT2D eigenvalue weighted by Gasteiger charge is 2.34. The molecule has 300 valence electrons. The Morgan fingerprint density at radius 1 is 0.982 bits per heavy atom. The van der Waals surface area contributed by atoms with Crippen molar-refractivity contribution in [2.24, 2.45) is 17.1 Å². The first-order chi connectivity index (χ1) is 27.1. The van der Waals surface area contributed by atoms with E-state index in [-0.39, 0.29) is 35.7 Å². The van der Waals surface area contributed by atoms with Crippen molar-refractivity contribution in [3.8, 4) is 11.5 Å². The first kappa shape index (κ1) is 42.6. The molecular weight excluding hydrogens is 699 g/mol. The summed E-state index contributed by atoms with van der Waals surface area (Å²) in [6.07, 6.45) is 17.1. The number of Topliss-reactive ketones (excluding diaryl/α,β-unsaturated/α-hetero) is 1. The SMILES string of the molecule is CNC[C@H](C)CC1(CCCC(=O)CC(=O)/C=C(\CO)c2cc(OC)c(O)cc2CC2=CNC(N)C=C2CCc2cccc(CCc3ccccc3)c2)CCCC1. The maximum atomic E-state index is 13.3. The number of carbonyl (C=O) groups is 2. The van der Waals surface area contributed by atoms with Crippen molar-refractivity contribution < 1.29 is 24.5 Å². The predicted molar refractivity (Wildman–Crippen MR) is 226 cm³/mol. The number of phenols is 1. The lowest BCUT2D eigenvalue weighted by Crippen LogP contribution is -2.35. The van der Waals surface area contributed by atoms with Gasteiger partial charge in [-0.15, -0.1) is 0 Å². The second-order valence-electron chi connectivity index (χ2n) is 16.2. The lowest BCUT2D eigenvalue weighted by atomic mass is 9.74. The Balaban J connectivity index is 1.25. The number of ether oxygens (including phenoxy) is 1. The molecule has 2 aliphatic rings. The fourth-order valence-electron chi connectivity index (χ4n) is 8.89. The fourth-order valence-corrected chi connectivity index (χ4v) is 8.89. The number of dihydropyridines is 1. The first-order valence-electron chi connectivity index (χ1n) is 20.5. The van der Waals surface area contributed by atoms with Gasteiger partial charge >= 0.3 is 0 Å². The number of aromatic hydroxyl groups is 1. The van der Waals surface area contributed by atoms with Crippen LogP contribution in [0.1, 0.15) is 98.9 Å². The van der Waals surface area contributed by atoms with Gasteiger partial charge in [0.1, 0.15) is 5.78 Å². The fraction of sp³-hybridized carbons (Fsp3) is 0.458. The minimum absolute atomic E-state index is 0.0376. The molecule has 0 aromatic heterocycles. The second-order valence-corrected chi connectivity index (χ2v) is 16.2. The van der Waals surface area contributed by atoms with Gasteiger partial charge in [0.25, 0.3) is 0 Å². The lowest BCUT2D eigenvalue weighted by Gasteiger charge is -2.32. The normalized spacial score (nSPS) is 17.2. The highest BCUT2D eigenvalue weighted by molar-refractivity contribution is 6.07. The number of aliphatic hydroxyl groups excluding tert-OH is 1. The van der Waals surface area contributed by atoms with E-state index in [9.17, 15) is 19.8 Å². The Morgan fingerprint density at radius 3 is 2.38 bits per heavy atom. The molecule has 0 saturated heterocycles. The smallest absolute Gasteiger partial charge is 0.163 e. The van der Waals surface area contributed by atoms with Crippen molar-refractivity contribution in [1.82, 2.24) is 10.6 Å². The number of aryl methyl sites for hydroxylation is 3. The van der Waals surface area contributed by atoms with E-state index >= 15 is 0 Å². The Morgan fingerprint density at radius 2 is 1.68 bits per heavy atom. The quantitative estimate of drug-likeness (QED) is 0.0515. The van der Waals surface area contributed by atoms with E-state index in [0.29, 0.717) is 35.3 Å². The van der Waals surface area contributed by atoms with Crippen LogP contribution in [0.5, 0.6) is 11.5 Å². The highest BCUT2D eigenvalue weighted by atomic mass is 16.5. The van der Waals surface area contributed by atoms with Crippen molar-refractivity contribution in [2.45, 2.75) is 103 Å². The number of nitrogens with two attached hydrogens (primary N) is 1. The number of methoxy groups -OCH3 is 1. The van der Waals surface area contributed by atoms with E-state index in [2.05, 4.69) is 66.1 Å². The summed E-state index contributed by atoms with van der Waals surface area (Å²) in [5.41, 5.74) is 14.3. The Hall–Kier alpha value is -4.50. The van der Waals surface area contributed by atoms with Crippen LogP contribution in [-0.4, -0.2) is 55.3 Å². The van der Waals surface area contributed by atoms with Crippen LogP contribution in [0.25, 0.3) is 5.57 Å². The molecule has 3 aromatic rings. The number of aliphatic hydroxyl groups is 1. The molecule has 0 radical (unpaired) electrons. The van der Waals surface area contributed by atoms with E-state index in [1.54, 1.807) is 12.1 Å². The van der Waals surface area contributed by atoms with Crippen LogP contribution in [-0.2, 0) is 35.3 Å². The van der Waals surface area contributed by atoms with Gasteiger partial charge in [-0.25, -0.2) is 0 Å². The zero-order chi connectivity index (χ0) is 39.9. The summed E-state index contributed by atoms with van der Waals surface area (Å²) in [6, 6.07) is 22.6. The molecular formula is C48H63N3O5. The molecule has 8 heteroatoms. The molecule has 0 bridgehead atoms. The average molecular weight is 762 g/mol. The van der Waals surface area contributed by atoms with Crippen molar-refractivity contribution in [1.29, 1.82) is 0 Å². The number of nitrogens with one attached hydrogen (secondary N) is 2. The van der Waals surface area contributed by atoms with Gasteiger partial charge in [0.2, 0.25) is 0 Å². The number of carbonyl (C=O) groups excluding carboxylic acids is 2. The number of ketones is 2.